The molecule has 1 atom stereocenters. The molecule has 0 spiro atoms. The smallest absolute Gasteiger partial charge is 0.306 e. The molecule has 6 heteroatoms. The van der Waals surface area contributed by atoms with Crippen molar-refractivity contribution in [3.05, 3.63) is 0 Å². The number of unbranched alkanes of at least 4 members (excludes halogenated alkanes) is 28. The first-order chi connectivity index (χ1) is 26.7. The molecule has 0 aliphatic heterocycles. The van der Waals surface area contributed by atoms with Gasteiger partial charge >= 0.3 is 17.9 Å². The van der Waals surface area contributed by atoms with Crippen LogP contribution in [0, 0.1) is 11.8 Å². The number of hydrogen-bond acceptors (Lipinski definition) is 6. The Hall–Kier alpha value is -1.59. The second-order valence-electron chi connectivity index (χ2n) is 17.7. The molecule has 0 radical (unpaired) electrons. The minimum Gasteiger partial charge on any atom is -0.462 e. The first kappa shape index (κ1) is 53.4. The zero-order chi connectivity index (χ0) is 40.5. The largest absolute Gasteiger partial charge is 0.462 e. The lowest BCUT2D eigenvalue weighted by atomic mass is 10.0. The van der Waals surface area contributed by atoms with Crippen molar-refractivity contribution in [3.63, 3.8) is 0 Å². The van der Waals surface area contributed by atoms with Crippen LogP contribution >= 0.6 is 0 Å². The van der Waals surface area contributed by atoms with E-state index in [2.05, 4.69) is 34.6 Å². The zero-order valence-electron chi connectivity index (χ0n) is 37.6. The summed E-state index contributed by atoms with van der Waals surface area (Å²) in [5.41, 5.74) is 0. The van der Waals surface area contributed by atoms with Crippen molar-refractivity contribution in [2.75, 3.05) is 13.2 Å². The first-order valence-corrected chi connectivity index (χ1v) is 24.2. The van der Waals surface area contributed by atoms with Crippen LogP contribution in [0.4, 0.5) is 0 Å². The third-order valence-corrected chi connectivity index (χ3v) is 11.0. The molecule has 0 saturated carbocycles. The van der Waals surface area contributed by atoms with Crippen LogP contribution in [0.2, 0.25) is 0 Å². The van der Waals surface area contributed by atoms with Crippen LogP contribution in [0.25, 0.3) is 0 Å². The summed E-state index contributed by atoms with van der Waals surface area (Å²) < 4.78 is 16.7. The van der Waals surface area contributed by atoms with Crippen molar-refractivity contribution in [2.45, 2.75) is 272 Å². The van der Waals surface area contributed by atoms with E-state index in [1.165, 1.54) is 154 Å². The van der Waals surface area contributed by atoms with Gasteiger partial charge in [0, 0.05) is 19.3 Å². The van der Waals surface area contributed by atoms with Crippen molar-refractivity contribution >= 4 is 17.9 Å². The summed E-state index contributed by atoms with van der Waals surface area (Å²) in [5, 5.41) is 0. The average molecular weight is 779 g/mol. The number of ether oxygens (including phenoxy) is 3. The Balaban J connectivity index is 4.22. The lowest BCUT2D eigenvalue weighted by molar-refractivity contribution is -0.167. The Kier molecular flexibility index (Phi) is 40.8. The van der Waals surface area contributed by atoms with Crippen LogP contribution < -0.4 is 0 Å². The first-order valence-electron chi connectivity index (χ1n) is 24.2. The van der Waals surface area contributed by atoms with Crippen LogP contribution in [0.3, 0.4) is 0 Å². The van der Waals surface area contributed by atoms with E-state index in [1.807, 2.05) is 0 Å². The molecule has 6 nitrogen and oxygen atoms in total. The molecule has 0 N–H and O–H groups in total. The fourth-order valence-corrected chi connectivity index (χ4v) is 7.28. The molecule has 0 amide bonds. The standard InChI is InChI=1S/C49H94O6/c1-6-7-8-9-22-29-34-39-47(50)53-42-46(55-49(52)41-36-31-26-21-17-16-19-24-28-33-38-45(4)5)43-54-48(51)40-35-30-25-20-15-13-11-10-12-14-18-23-27-32-37-44(2)3/h44-46H,6-43H2,1-5H3/t46-/m0/s1. The summed E-state index contributed by atoms with van der Waals surface area (Å²) in [6.45, 7) is 11.3. The van der Waals surface area contributed by atoms with E-state index in [0.717, 1.165) is 69.6 Å². The predicted molar refractivity (Wildman–Crippen MR) is 233 cm³/mol. The second kappa shape index (κ2) is 42.0. The number of carbonyl (C=O) groups is 3. The second-order valence-corrected chi connectivity index (χ2v) is 17.7. The average Bonchev–Trinajstić information content (AvgIpc) is 3.15. The van der Waals surface area contributed by atoms with E-state index in [-0.39, 0.29) is 31.1 Å². The molecule has 326 valence electrons. The topological polar surface area (TPSA) is 78.9 Å². The van der Waals surface area contributed by atoms with E-state index in [1.54, 1.807) is 0 Å². The molecule has 0 aromatic rings. The minimum absolute atomic E-state index is 0.0646. The molecule has 0 aliphatic carbocycles. The van der Waals surface area contributed by atoms with Gasteiger partial charge in [-0.05, 0) is 31.1 Å². The molecule has 0 aromatic heterocycles. The third kappa shape index (κ3) is 43.4. The van der Waals surface area contributed by atoms with Crippen LogP contribution in [0.15, 0.2) is 0 Å². The molecule has 0 aliphatic rings. The van der Waals surface area contributed by atoms with Gasteiger partial charge in [-0.3, -0.25) is 14.4 Å². The maximum Gasteiger partial charge on any atom is 0.306 e. The molecule has 0 unspecified atom stereocenters. The molecule has 0 fully saturated rings. The Morgan fingerprint density at radius 2 is 0.600 bits per heavy atom. The summed E-state index contributed by atoms with van der Waals surface area (Å²) in [6.07, 6.45) is 41.0. The van der Waals surface area contributed by atoms with Gasteiger partial charge in [0.15, 0.2) is 6.10 Å². The number of carbonyl (C=O) groups excluding carboxylic acids is 3. The summed E-state index contributed by atoms with van der Waals surface area (Å²) >= 11 is 0. The quantitative estimate of drug-likeness (QED) is 0.0348. The van der Waals surface area contributed by atoms with E-state index >= 15 is 0 Å². The van der Waals surface area contributed by atoms with Crippen molar-refractivity contribution < 1.29 is 28.6 Å². The summed E-state index contributed by atoms with van der Waals surface area (Å²) in [5.74, 6) is 0.802. The highest BCUT2D eigenvalue weighted by atomic mass is 16.6. The van der Waals surface area contributed by atoms with E-state index in [0.29, 0.717) is 19.3 Å². The van der Waals surface area contributed by atoms with Crippen LogP contribution in [0.5, 0.6) is 0 Å². The van der Waals surface area contributed by atoms with Crippen molar-refractivity contribution in [2.24, 2.45) is 11.8 Å². The molecule has 0 rings (SSSR count). The highest BCUT2D eigenvalue weighted by molar-refractivity contribution is 5.71. The highest BCUT2D eigenvalue weighted by Crippen LogP contribution is 2.17. The highest BCUT2D eigenvalue weighted by Gasteiger charge is 2.19. The van der Waals surface area contributed by atoms with Crippen molar-refractivity contribution in [1.29, 1.82) is 0 Å². The minimum atomic E-state index is -0.760. The van der Waals surface area contributed by atoms with Gasteiger partial charge in [-0.15, -0.1) is 0 Å². The van der Waals surface area contributed by atoms with Crippen LogP contribution in [0.1, 0.15) is 266 Å². The Morgan fingerprint density at radius 1 is 0.345 bits per heavy atom. The maximum atomic E-state index is 12.7. The Bertz CT molecular complexity index is 839. The van der Waals surface area contributed by atoms with E-state index < -0.39 is 6.10 Å². The normalized spacial score (nSPS) is 12.1. The monoisotopic (exact) mass is 779 g/mol. The van der Waals surface area contributed by atoms with Gasteiger partial charge in [-0.1, -0.05) is 227 Å². The number of hydrogen-bond donors (Lipinski definition) is 0. The number of esters is 3. The van der Waals surface area contributed by atoms with Gasteiger partial charge < -0.3 is 14.2 Å². The van der Waals surface area contributed by atoms with Gasteiger partial charge in [0.05, 0.1) is 0 Å². The van der Waals surface area contributed by atoms with Gasteiger partial charge in [-0.25, -0.2) is 0 Å². The van der Waals surface area contributed by atoms with Gasteiger partial charge in [0.25, 0.3) is 0 Å². The summed E-state index contributed by atoms with van der Waals surface area (Å²) in [7, 11) is 0. The molecule has 55 heavy (non-hydrogen) atoms. The van der Waals surface area contributed by atoms with Crippen LogP contribution in [-0.4, -0.2) is 37.2 Å². The van der Waals surface area contributed by atoms with E-state index in [9.17, 15) is 14.4 Å². The van der Waals surface area contributed by atoms with Gasteiger partial charge in [0.1, 0.15) is 13.2 Å². The fraction of sp³-hybridized carbons (Fsp3) is 0.939. The Labute approximate surface area is 342 Å². The van der Waals surface area contributed by atoms with Gasteiger partial charge in [-0.2, -0.15) is 0 Å². The van der Waals surface area contributed by atoms with Crippen molar-refractivity contribution in [3.8, 4) is 0 Å². The molecule has 0 heterocycles. The Morgan fingerprint density at radius 3 is 0.891 bits per heavy atom. The zero-order valence-corrected chi connectivity index (χ0v) is 37.6. The molecular formula is C49H94O6. The SMILES string of the molecule is CCCCCCCCCC(=O)OC[C@@H](COC(=O)CCCCCCCCCCCCCCCCC(C)C)OC(=O)CCCCCCCCCCCCC(C)C. The number of rotatable bonds is 43. The van der Waals surface area contributed by atoms with Crippen LogP contribution in [-0.2, 0) is 28.6 Å². The molecule has 0 bridgehead atoms. The predicted octanol–water partition coefficient (Wildman–Crippen LogP) is 15.4. The van der Waals surface area contributed by atoms with E-state index in [4.69, 9.17) is 14.2 Å². The van der Waals surface area contributed by atoms with Gasteiger partial charge in [0.2, 0.25) is 0 Å². The fourth-order valence-electron chi connectivity index (χ4n) is 7.28. The molecular weight excluding hydrogens is 685 g/mol. The summed E-state index contributed by atoms with van der Waals surface area (Å²) in [4.78, 5) is 37.7. The lowest BCUT2D eigenvalue weighted by Crippen LogP contribution is -2.30. The third-order valence-electron chi connectivity index (χ3n) is 11.0. The summed E-state index contributed by atoms with van der Waals surface area (Å²) in [6, 6.07) is 0. The lowest BCUT2D eigenvalue weighted by Gasteiger charge is -2.18. The van der Waals surface area contributed by atoms with Crippen molar-refractivity contribution in [1.82, 2.24) is 0 Å². The maximum absolute atomic E-state index is 12.7. The molecule has 0 saturated heterocycles. The molecule has 0 aromatic carbocycles.